The van der Waals surface area contributed by atoms with Crippen molar-refractivity contribution in [2.75, 3.05) is 11.6 Å². The zero-order chi connectivity index (χ0) is 28.7. The van der Waals surface area contributed by atoms with Crippen LogP contribution < -0.4 is 5.32 Å². The Bertz CT molecular complexity index is 1420. The van der Waals surface area contributed by atoms with Gasteiger partial charge < -0.3 is 10.4 Å². The lowest BCUT2D eigenvalue weighted by molar-refractivity contribution is -0.376. The lowest BCUT2D eigenvalue weighted by atomic mass is 9.90. The number of hydrogen-bond donors (Lipinski definition) is 2. The molecule has 3 aromatic carbocycles. The topological polar surface area (TPSA) is 83.5 Å². The molecule has 14 heteroatoms. The van der Waals surface area contributed by atoms with Gasteiger partial charge in [-0.25, -0.2) is 8.42 Å². The van der Waals surface area contributed by atoms with Crippen LogP contribution in [0.1, 0.15) is 11.1 Å². The van der Waals surface area contributed by atoms with Crippen LogP contribution in [-0.2, 0) is 26.7 Å². The first kappa shape index (κ1) is 29.8. The van der Waals surface area contributed by atoms with Crippen molar-refractivity contribution < 1.29 is 44.7 Å². The Morgan fingerprint density at radius 1 is 0.868 bits per heavy atom. The number of halogens is 8. The molecule has 5 nitrogen and oxygen atoms in total. The third kappa shape index (κ3) is 6.09. The standard InChI is InChI=1S/C24H17Cl2F6NO4S/c1-38(36,37)17-8-2-13(3-9-17)10-20(34)33-16-11-18(25)21(19(26)12-16)14-4-6-15(7-5-14)22(35,23(27,28)29)24(30,31)32/h2-9,11-12,35H,10H2,1H3,(H,33,34). The maximum absolute atomic E-state index is 13.1. The van der Waals surface area contributed by atoms with Crippen LogP contribution in [0.5, 0.6) is 0 Å². The van der Waals surface area contributed by atoms with Gasteiger partial charge in [-0.1, -0.05) is 59.6 Å². The highest BCUT2D eigenvalue weighted by atomic mass is 35.5. The van der Waals surface area contributed by atoms with E-state index in [1.807, 2.05) is 0 Å². The van der Waals surface area contributed by atoms with Gasteiger partial charge in [-0.05, 0) is 35.4 Å². The monoisotopic (exact) mass is 599 g/mol. The van der Waals surface area contributed by atoms with Crippen LogP contribution in [0.2, 0.25) is 10.0 Å². The van der Waals surface area contributed by atoms with Gasteiger partial charge in [0.25, 0.3) is 5.60 Å². The number of aliphatic hydroxyl groups is 1. The minimum Gasteiger partial charge on any atom is -0.369 e. The molecule has 1 amide bonds. The summed E-state index contributed by atoms with van der Waals surface area (Å²) < 4.78 is 102. The van der Waals surface area contributed by atoms with Gasteiger partial charge in [-0.2, -0.15) is 26.3 Å². The summed E-state index contributed by atoms with van der Waals surface area (Å²) in [4.78, 5) is 12.5. The molecule has 0 aliphatic carbocycles. The molecule has 0 heterocycles. The normalized spacial score (nSPS) is 12.9. The number of amides is 1. The first-order valence-corrected chi connectivity index (χ1v) is 13.0. The molecule has 0 fully saturated rings. The molecular formula is C24H17Cl2F6NO4S. The number of nitrogens with one attached hydrogen (secondary N) is 1. The van der Waals surface area contributed by atoms with E-state index in [0.29, 0.717) is 17.7 Å². The second-order valence-electron chi connectivity index (χ2n) is 8.24. The van der Waals surface area contributed by atoms with Gasteiger partial charge in [0.1, 0.15) is 0 Å². The highest BCUT2D eigenvalue weighted by molar-refractivity contribution is 7.90. The molecule has 0 aliphatic heterocycles. The highest BCUT2D eigenvalue weighted by Gasteiger charge is 2.71. The predicted octanol–water partition coefficient (Wildman–Crippen LogP) is 6.56. The zero-order valence-corrected chi connectivity index (χ0v) is 21.4. The summed E-state index contributed by atoms with van der Waals surface area (Å²) in [5, 5.41) is 11.9. The highest BCUT2D eigenvalue weighted by Crippen LogP contribution is 2.50. The predicted molar refractivity (Wildman–Crippen MR) is 130 cm³/mol. The summed E-state index contributed by atoms with van der Waals surface area (Å²) in [6.07, 6.45) is -11.1. The van der Waals surface area contributed by atoms with Gasteiger partial charge >= 0.3 is 12.4 Å². The van der Waals surface area contributed by atoms with Gasteiger partial charge in [0, 0.05) is 23.1 Å². The first-order chi connectivity index (χ1) is 17.3. The van der Waals surface area contributed by atoms with E-state index in [1.54, 1.807) is 0 Å². The first-order valence-electron chi connectivity index (χ1n) is 10.4. The van der Waals surface area contributed by atoms with Crippen molar-refractivity contribution in [1.82, 2.24) is 0 Å². The SMILES string of the molecule is CS(=O)(=O)c1ccc(CC(=O)Nc2cc(Cl)c(-c3ccc(C(O)(C(F)(F)F)C(F)(F)F)cc3)c(Cl)c2)cc1. The number of hydrogen-bond acceptors (Lipinski definition) is 4. The molecule has 0 aromatic heterocycles. The Morgan fingerprint density at radius 2 is 1.34 bits per heavy atom. The van der Waals surface area contributed by atoms with Crippen molar-refractivity contribution in [2.45, 2.75) is 29.3 Å². The van der Waals surface area contributed by atoms with E-state index in [4.69, 9.17) is 23.2 Å². The minimum absolute atomic E-state index is 0.0549. The number of sulfone groups is 1. The van der Waals surface area contributed by atoms with Crippen LogP contribution >= 0.6 is 23.2 Å². The number of carbonyl (C=O) groups is 1. The van der Waals surface area contributed by atoms with Crippen LogP contribution in [0.25, 0.3) is 11.1 Å². The molecule has 0 saturated heterocycles. The summed E-state index contributed by atoms with van der Waals surface area (Å²) in [5.74, 6) is -0.500. The Hall–Kier alpha value is -2.80. The second-order valence-corrected chi connectivity index (χ2v) is 11.1. The molecule has 0 radical (unpaired) electrons. The van der Waals surface area contributed by atoms with Gasteiger partial charge in [0.15, 0.2) is 9.84 Å². The van der Waals surface area contributed by atoms with Crippen LogP contribution in [0.3, 0.4) is 0 Å². The van der Waals surface area contributed by atoms with E-state index in [1.165, 1.54) is 36.4 Å². The molecule has 3 aromatic rings. The molecule has 3 rings (SSSR count). The molecule has 0 saturated carbocycles. The fraction of sp³-hybridized carbons (Fsp3) is 0.208. The number of benzene rings is 3. The second kappa shape index (κ2) is 10.4. The lowest BCUT2D eigenvalue weighted by Crippen LogP contribution is -2.53. The summed E-state index contributed by atoms with van der Waals surface area (Å²) in [5.41, 5.74) is -5.73. The molecule has 38 heavy (non-hydrogen) atoms. The van der Waals surface area contributed by atoms with Crippen molar-refractivity contribution >= 4 is 44.6 Å². The minimum atomic E-state index is -6.03. The average molecular weight is 600 g/mol. The van der Waals surface area contributed by atoms with Crippen LogP contribution in [0.4, 0.5) is 32.0 Å². The third-order valence-electron chi connectivity index (χ3n) is 5.45. The average Bonchev–Trinajstić information content (AvgIpc) is 2.76. The fourth-order valence-corrected chi connectivity index (χ4v) is 4.87. The van der Waals surface area contributed by atoms with Crippen LogP contribution in [0, 0.1) is 0 Å². The van der Waals surface area contributed by atoms with E-state index >= 15 is 0 Å². The smallest absolute Gasteiger partial charge is 0.369 e. The molecule has 0 atom stereocenters. The van der Waals surface area contributed by atoms with E-state index in [0.717, 1.165) is 18.4 Å². The van der Waals surface area contributed by atoms with Crippen molar-refractivity contribution in [1.29, 1.82) is 0 Å². The number of rotatable bonds is 6. The number of carbonyl (C=O) groups excluding carboxylic acids is 1. The van der Waals surface area contributed by atoms with Gasteiger partial charge in [-0.3, -0.25) is 4.79 Å². The van der Waals surface area contributed by atoms with E-state index in [9.17, 15) is 44.7 Å². The molecule has 0 spiro atoms. The van der Waals surface area contributed by atoms with Crippen LogP contribution in [0.15, 0.2) is 65.6 Å². The summed E-state index contributed by atoms with van der Waals surface area (Å²) >= 11 is 12.5. The number of alkyl halides is 6. The Balaban J connectivity index is 1.82. The quantitative estimate of drug-likeness (QED) is 0.314. The van der Waals surface area contributed by atoms with Gasteiger partial charge in [-0.15, -0.1) is 0 Å². The van der Waals surface area contributed by atoms with E-state index < -0.39 is 39.3 Å². The maximum Gasteiger partial charge on any atom is 0.430 e. The van der Waals surface area contributed by atoms with Crippen molar-refractivity contribution in [3.8, 4) is 11.1 Å². The molecule has 2 N–H and O–H groups in total. The Kier molecular flexibility index (Phi) is 8.14. The molecule has 204 valence electrons. The zero-order valence-electron chi connectivity index (χ0n) is 19.1. The largest absolute Gasteiger partial charge is 0.430 e. The Labute approximate surface area is 222 Å². The summed E-state index contributed by atoms with van der Waals surface area (Å²) in [6.45, 7) is 0. The third-order valence-corrected chi connectivity index (χ3v) is 7.18. The molecule has 0 aliphatic rings. The van der Waals surface area contributed by atoms with Crippen molar-refractivity contribution in [3.05, 3.63) is 81.8 Å². The van der Waals surface area contributed by atoms with Gasteiger partial charge in [0.05, 0.1) is 21.4 Å². The van der Waals surface area contributed by atoms with E-state index in [-0.39, 0.29) is 38.2 Å². The Morgan fingerprint density at radius 3 is 1.76 bits per heavy atom. The van der Waals surface area contributed by atoms with Crippen molar-refractivity contribution in [2.24, 2.45) is 0 Å². The van der Waals surface area contributed by atoms with Crippen LogP contribution in [-0.4, -0.2) is 38.0 Å². The summed E-state index contributed by atoms with van der Waals surface area (Å²) in [6, 6.07) is 10.9. The number of anilines is 1. The molecule has 0 unspecified atom stereocenters. The molecule has 0 bridgehead atoms. The van der Waals surface area contributed by atoms with E-state index in [2.05, 4.69) is 5.32 Å². The summed E-state index contributed by atoms with van der Waals surface area (Å²) in [7, 11) is -3.40. The lowest BCUT2D eigenvalue weighted by Gasteiger charge is -2.32. The molecular weight excluding hydrogens is 583 g/mol. The van der Waals surface area contributed by atoms with Gasteiger partial charge in [0.2, 0.25) is 5.91 Å². The van der Waals surface area contributed by atoms with Crippen molar-refractivity contribution in [3.63, 3.8) is 0 Å². The maximum atomic E-state index is 13.1. The fourth-order valence-electron chi connectivity index (χ4n) is 3.53.